The minimum atomic E-state index is 0.368. The molecule has 1 atom stereocenters. The highest BCUT2D eigenvalue weighted by atomic mass is 35.5. The second-order valence-corrected chi connectivity index (χ2v) is 4.33. The standard InChI is InChI=1S/C13H20ClNO/c1-3-8-16-10-13(15-2)9-11-4-6-12(14)7-5-11/h4-7,13,15H,3,8-10H2,1-2H3. The van der Waals surface area contributed by atoms with E-state index in [-0.39, 0.29) is 0 Å². The number of rotatable bonds is 7. The van der Waals surface area contributed by atoms with Gasteiger partial charge in [-0.3, -0.25) is 0 Å². The molecule has 0 aliphatic carbocycles. The van der Waals surface area contributed by atoms with Gasteiger partial charge in [0, 0.05) is 17.7 Å². The third-order valence-corrected chi connectivity index (χ3v) is 2.72. The van der Waals surface area contributed by atoms with Crippen LogP contribution < -0.4 is 5.32 Å². The molecular weight excluding hydrogens is 222 g/mol. The minimum absolute atomic E-state index is 0.368. The number of ether oxygens (including phenoxy) is 1. The lowest BCUT2D eigenvalue weighted by atomic mass is 10.1. The Kier molecular flexibility index (Phi) is 6.46. The van der Waals surface area contributed by atoms with Crippen molar-refractivity contribution in [3.8, 4) is 0 Å². The van der Waals surface area contributed by atoms with Crippen LogP contribution in [0, 0.1) is 0 Å². The van der Waals surface area contributed by atoms with Gasteiger partial charge in [0.1, 0.15) is 0 Å². The first kappa shape index (κ1) is 13.5. The largest absolute Gasteiger partial charge is 0.380 e. The van der Waals surface area contributed by atoms with Gasteiger partial charge in [0.15, 0.2) is 0 Å². The molecule has 1 N–H and O–H groups in total. The number of hydrogen-bond acceptors (Lipinski definition) is 2. The first-order valence-corrected chi connectivity index (χ1v) is 6.13. The molecule has 0 radical (unpaired) electrons. The Balaban J connectivity index is 2.40. The maximum absolute atomic E-state index is 5.84. The van der Waals surface area contributed by atoms with Crippen LogP contribution in [0.2, 0.25) is 5.02 Å². The van der Waals surface area contributed by atoms with Gasteiger partial charge in [0.2, 0.25) is 0 Å². The van der Waals surface area contributed by atoms with Gasteiger partial charge >= 0.3 is 0 Å². The normalized spacial score (nSPS) is 12.7. The predicted octanol–water partition coefficient (Wildman–Crippen LogP) is 2.90. The molecule has 1 aromatic carbocycles. The van der Waals surface area contributed by atoms with E-state index in [1.165, 1.54) is 5.56 Å². The third-order valence-electron chi connectivity index (χ3n) is 2.47. The molecule has 0 bridgehead atoms. The quantitative estimate of drug-likeness (QED) is 0.742. The molecule has 1 unspecified atom stereocenters. The maximum Gasteiger partial charge on any atom is 0.0622 e. The summed E-state index contributed by atoms with van der Waals surface area (Å²) in [6, 6.07) is 8.35. The topological polar surface area (TPSA) is 21.3 Å². The second-order valence-electron chi connectivity index (χ2n) is 3.89. The number of benzene rings is 1. The van der Waals surface area contributed by atoms with E-state index < -0.39 is 0 Å². The van der Waals surface area contributed by atoms with Gasteiger partial charge < -0.3 is 10.1 Å². The summed E-state index contributed by atoms with van der Waals surface area (Å²) in [5, 5.41) is 4.05. The Morgan fingerprint density at radius 1 is 1.31 bits per heavy atom. The summed E-state index contributed by atoms with van der Waals surface area (Å²) < 4.78 is 5.54. The van der Waals surface area contributed by atoms with E-state index in [4.69, 9.17) is 16.3 Å². The predicted molar refractivity (Wildman–Crippen MR) is 69.1 cm³/mol. The van der Waals surface area contributed by atoms with Crippen LogP contribution in [0.5, 0.6) is 0 Å². The lowest BCUT2D eigenvalue weighted by molar-refractivity contribution is 0.114. The summed E-state index contributed by atoms with van der Waals surface area (Å²) in [5.41, 5.74) is 1.28. The minimum Gasteiger partial charge on any atom is -0.380 e. The lowest BCUT2D eigenvalue weighted by Crippen LogP contribution is -2.32. The second kappa shape index (κ2) is 7.66. The Morgan fingerprint density at radius 3 is 2.56 bits per heavy atom. The van der Waals surface area contributed by atoms with Crippen molar-refractivity contribution in [2.45, 2.75) is 25.8 Å². The van der Waals surface area contributed by atoms with Gasteiger partial charge in [-0.25, -0.2) is 0 Å². The Labute approximate surface area is 103 Å². The molecule has 0 aliphatic heterocycles. The molecule has 0 heterocycles. The van der Waals surface area contributed by atoms with Crippen LogP contribution in [0.1, 0.15) is 18.9 Å². The van der Waals surface area contributed by atoms with Crippen LogP contribution in [-0.2, 0) is 11.2 Å². The highest BCUT2D eigenvalue weighted by molar-refractivity contribution is 6.30. The molecule has 1 rings (SSSR count). The molecule has 16 heavy (non-hydrogen) atoms. The van der Waals surface area contributed by atoms with Crippen molar-refractivity contribution in [3.05, 3.63) is 34.9 Å². The van der Waals surface area contributed by atoms with Crippen molar-refractivity contribution in [2.75, 3.05) is 20.3 Å². The van der Waals surface area contributed by atoms with Crippen LogP contribution in [0.25, 0.3) is 0 Å². The zero-order valence-electron chi connectivity index (χ0n) is 10.0. The van der Waals surface area contributed by atoms with E-state index in [0.717, 1.165) is 31.1 Å². The van der Waals surface area contributed by atoms with Crippen LogP contribution in [0.3, 0.4) is 0 Å². The van der Waals surface area contributed by atoms with Crippen LogP contribution in [0.15, 0.2) is 24.3 Å². The molecule has 0 amide bonds. The van der Waals surface area contributed by atoms with Crippen LogP contribution >= 0.6 is 11.6 Å². The Hall–Kier alpha value is -0.570. The van der Waals surface area contributed by atoms with Crippen molar-refractivity contribution in [1.82, 2.24) is 5.32 Å². The van der Waals surface area contributed by atoms with Crippen molar-refractivity contribution in [1.29, 1.82) is 0 Å². The molecule has 0 aliphatic rings. The van der Waals surface area contributed by atoms with E-state index in [0.29, 0.717) is 6.04 Å². The molecule has 1 aromatic rings. The van der Waals surface area contributed by atoms with E-state index in [1.54, 1.807) is 0 Å². The van der Waals surface area contributed by atoms with Crippen molar-refractivity contribution in [2.24, 2.45) is 0 Å². The molecule has 0 spiro atoms. The average molecular weight is 242 g/mol. The number of likely N-dealkylation sites (N-methyl/N-ethyl adjacent to an activating group) is 1. The summed E-state index contributed by atoms with van der Waals surface area (Å²) in [4.78, 5) is 0. The molecule has 0 aromatic heterocycles. The number of nitrogens with one attached hydrogen (secondary N) is 1. The van der Waals surface area contributed by atoms with Gasteiger partial charge in [0.05, 0.1) is 6.61 Å². The molecular formula is C13H20ClNO. The molecule has 0 saturated heterocycles. The van der Waals surface area contributed by atoms with Gasteiger partial charge in [-0.1, -0.05) is 30.7 Å². The smallest absolute Gasteiger partial charge is 0.0622 e. The molecule has 3 heteroatoms. The SMILES string of the molecule is CCCOCC(Cc1ccc(Cl)cc1)NC. The summed E-state index contributed by atoms with van der Waals surface area (Å²) in [7, 11) is 1.97. The number of hydrogen-bond donors (Lipinski definition) is 1. The zero-order valence-corrected chi connectivity index (χ0v) is 10.8. The number of halogens is 1. The zero-order chi connectivity index (χ0) is 11.8. The summed E-state index contributed by atoms with van der Waals surface area (Å²) in [6.45, 7) is 3.71. The molecule has 0 saturated carbocycles. The maximum atomic E-state index is 5.84. The van der Waals surface area contributed by atoms with E-state index >= 15 is 0 Å². The summed E-state index contributed by atoms with van der Waals surface area (Å²) in [6.07, 6.45) is 2.04. The van der Waals surface area contributed by atoms with Crippen LogP contribution in [0.4, 0.5) is 0 Å². The monoisotopic (exact) mass is 241 g/mol. The average Bonchev–Trinajstić information content (AvgIpc) is 2.31. The summed E-state index contributed by atoms with van der Waals surface area (Å²) >= 11 is 5.84. The Bertz CT molecular complexity index is 286. The van der Waals surface area contributed by atoms with E-state index in [1.807, 2.05) is 19.2 Å². The summed E-state index contributed by atoms with van der Waals surface area (Å²) in [5.74, 6) is 0. The van der Waals surface area contributed by atoms with Gasteiger partial charge in [-0.15, -0.1) is 0 Å². The highest BCUT2D eigenvalue weighted by Crippen LogP contribution is 2.11. The fourth-order valence-corrected chi connectivity index (χ4v) is 1.65. The molecule has 2 nitrogen and oxygen atoms in total. The Morgan fingerprint density at radius 2 is 2.00 bits per heavy atom. The molecule has 0 fully saturated rings. The first-order chi connectivity index (χ1) is 7.76. The van der Waals surface area contributed by atoms with Gasteiger partial charge in [-0.05, 0) is 37.6 Å². The third kappa shape index (κ3) is 4.97. The van der Waals surface area contributed by atoms with Gasteiger partial charge in [0.25, 0.3) is 0 Å². The highest BCUT2D eigenvalue weighted by Gasteiger charge is 2.07. The van der Waals surface area contributed by atoms with Crippen molar-refractivity contribution in [3.63, 3.8) is 0 Å². The fourth-order valence-electron chi connectivity index (χ4n) is 1.52. The van der Waals surface area contributed by atoms with E-state index in [9.17, 15) is 0 Å². The fraction of sp³-hybridized carbons (Fsp3) is 0.538. The van der Waals surface area contributed by atoms with Gasteiger partial charge in [-0.2, -0.15) is 0 Å². The van der Waals surface area contributed by atoms with E-state index in [2.05, 4.69) is 24.4 Å². The lowest BCUT2D eigenvalue weighted by Gasteiger charge is -2.16. The van der Waals surface area contributed by atoms with Crippen molar-refractivity contribution < 1.29 is 4.74 Å². The van der Waals surface area contributed by atoms with Crippen LogP contribution in [-0.4, -0.2) is 26.3 Å². The first-order valence-electron chi connectivity index (χ1n) is 5.75. The molecule has 90 valence electrons. The van der Waals surface area contributed by atoms with Crippen molar-refractivity contribution >= 4 is 11.6 Å².